The summed E-state index contributed by atoms with van der Waals surface area (Å²) in [5.41, 5.74) is -0.767. The standard InChI is InChI=1S/C6H4N2O3.Na/c1-11-6(10)5(9)4(2-7)3-8;/h9H,1H3;/q;+1/p-1. The zero-order chi connectivity index (χ0) is 8.85. The Morgan fingerprint density at radius 3 is 2.08 bits per heavy atom. The fourth-order valence-electron chi connectivity index (χ4n) is 0.321. The Morgan fingerprint density at radius 2 is 1.83 bits per heavy atom. The van der Waals surface area contributed by atoms with Crippen LogP contribution >= 0.6 is 0 Å². The minimum absolute atomic E-state index is 0. The predicted molar refractivity (Wildman–Crippen MR) is 30.3 cm³/mol. The summed E-state index contributed by atoms with van der Waals surface area (Å²) < 4.78 is 3.99. The van der Waals surface area contributed by atoms with Gasteiger partial charge in [0.15, 0.2) is 0 Å². The van der Waals surface area contributed by atoms with Crippen LogP contribution in [0.3, 0.4) is 0 Å². The number of hydrogen-bond acceptors (Lipinski definition) is 5. The molecule has 0 N–H and O–H groups in total. The maximum atomic E-state index is 10.6. The average molecular weight is 174 g/mol. The van der Waals surface area contributed by atoms with E-state index in [9.17, 15) is 9.90 Å². The van der Waals surface area contributed by atoms with Crippen molar-refractivity contribution in [3.05, 3.63) is 11.3 Å². The van der Waals surface area contributed by atoms with E-state index in [-0.39, 0.29) is 29.6 Å². The second-order valence-corrected chi connectivity index (χ2v) is 1.42. The second kappa shape index (κ2) is 6.68. The molecule has 0 heterocycles. The van der Waals surface area contributed by atoms with E-state index in [1.807, 2.05) is 0 Å². The molecule has 0 unspecified atom stereocenters. The molecule has 0 rings (SSSR count). The van der Waals surface area contributed by atoms with Crippen molar-refractivity contribution in [2.24, 2.45) is 0 Å². The summed E-state index contributed by atoms with van der Waals surface area (Å²) in [4.78, 5) is 10.4. The Kier molecular flexibility index (Phi) is 7.56. The zero-order valence-corrected chi connectivity index (χ0v) is 8.62. The first-order valence-electron chi connectivity index (χ1n) is 2.47. The number of carbonyl (C=O) groups is 1. The van der Waals surface area contributed by atoms with Crippen LogP contribution in [0.15, 0.2) is 11.3 Å². The van der Waals surface area contributed by atoms with Gasteiger partial charge in [-0.2, -0.15) is 10.5 Å². The summed E-state index contributed by atoms with van der Waals surface area (Å²) in [6.45, 7) is 0. The first kappa shape index (κ1) is 13.6. The number of methoxy groups -OCH3 is 1. The van der Waals surface area contributed by atoms with Crippen LogP contribution in [0.4, 0.5) is 0 Å². The van der Waals surface area contributed by atoms with Crippen LogP contribution in [0.2, 0.25) is 0 Å². The molecule has 5 nitrogen and oxygen atoms in total. The number of allylic oxidation sites excluding steroid dienone is 1. The van der Waals surface area contributed by atoms with Gasteiger partial charge in [0.1, 0.15) is 17.7 Å². The molecule has 0 aromatic heterocycles. The Morgan fingerprint density at radius 1 is 1.42 bits per heavy atom. The van der Waals surface area contributed by atoms with E-state index >= 15 is 0 Å². The summed E-state index contributed by atoms with van der Waals surface area (Å²) >= 11 is 0. The van der Waals surface area contributed by atoms with Gasteiger partial charge in [-0.15, -0.1) is 0 Å². The van der Waals surface area contributed by atoms with Gasteiger partial charge >= 0.3 is 35.5 Å². The van der Waals surface area contributed by atoms with Crippen molar-refractivity contribution in [2.45, 2.75) is 0 Å². The Bertz CT molecular complexity index is 268. The van der Waals surface area contributed by atoms with E-state index in [0.717, 1.165) is 7.11 Å². The van der Waals surface area contributed by atoms with Crippen LogP contribution in [0.25, 0.3) is 0 Å². The van der Waals surface area contributed by atoms with E-state index in [0.29, 0.717) is 0 Å². The van der Waals surface area contributed by atoms with E-state index in [4.69, 9.17) is 10.5 Å². The van der Waals surface area contributed by atoms with Crippen LogP contribution in [-0.2, 0) is 9.53 Å². The molecule has 0 bridgehead atoms. The number of ether oxygens (including phenoxy) is 1. The molecule has 0 aromatic rings. The van der Waals surface area contributed by atoms with Gasteiger partial charge in [0.05, 0.1) is 7.11 Å². The van der Waals surface area contributed by atoms with Gasteiger partial charge in [0, 0.05) is 5.76 Å². The molecule has 12 heavy (non-hydrogen) atoms. The third-order valence-electron chi connectivity index (χ3n) is 0.821. The van der Waals surface area contributed by atoms with E-state index in [1.54, 1.807) is 0 Å². The first-order chi connectivity index (χ1) is 5.17. The van der Waals surface area contributed by atoms with Gasteiger partial charge in [0.2, 0.25) is 0 Å². The topological polar surface area (TPSA) is 96.9 Å². The third-order valence-corrected chi connectivity index (χ3v) is 0.821. The number of esters is 1. The van der Waals surface area contributed by atoms with Gasteiger partial charge in [-0.3, -0.25) is 0 Å². The number of hydrogen-bond donors (Lipinski definition) is 0. The van der Waals surface area contributed by atoms with Gasteiger partial charge < -0.3 is 9.84 Å². The molecule has 0 atom stereocenters. The third kappa shape index (κ3) is 3.40. The van der Waals surface area contributed by atoms with Gasteiger partial charge in [0.25, 0.3) is 0 Å². The van der Waals surface area contributed by atoms with Crippen molar-refractivity contribution < 1.29 is 44.2 Å². The molecule has 0 radical (unpaired) electrons. The molecule has 6 heteroatoms. The van der Waals surface area contributed by atoms with E-state index < -0.39 is 17.3 Å². The molecule has 56 valence electrons. The number of nitrogens with zero attached hydrogens (tertiary/aromatic N) is 2. The SMILES string of the molecule is COC(=O)C([O-])=C(C#N)C#N.[Na+]. The number of nitriles is 2. The molecule has 0 amide bonds. The number of rotatable bonds is 1. The van der Waals surface area contributed by atoms with Crippen LogP contribution < -0.4 is 34.7 Å². The van der Waals surface area contributed by atoms with Crippen molar-refractivity contribution in [3.63, 3.8) is 0 Å². The van der Waals surface area contributed by atoms with Crippen LogP contribution in [0, 0.1) is 22.7 Å². The molecule has 0 aliphatic heterocycles. The quantitative estimate of drug-likeness (QED) is 0.132. The fourth-order valence-corrected chi connectivity index (χ4v) is 0.321. The van der Waals surface area contributed by atoms with Crippen molar-refractivity contribution in [1.29, 1.82) is 10.5 Å². The van der Waals surface area contributed by atoms with Crippen LogP contribution in [-0.4, -0.2) is 13.1 Å². The van der Waals surface area contributed by atoms with Crippen molar-refractivity contribution >= 4 is 5.97 Å². The van der Waals surface area contributed by atoms with Gasteiger partial charge in [-0.05, 0) is 0 Å². The summed E-state index contributed by atoms with van der Waals surface area (Å²) in [7, 11) is 0.993. The largest absolute Gasteiger partial charge is 1.00 e. The Labute approximate surface area is 91.1 Å². The molecular formula is C6H3N2NaO3. The molecule has 0 saturated carbocycles. The number of carbonyl (C=O) groups excluding carboxylic acids is 1. The zero-order valence-electron chi connectivity index (χ0n) is 6.62. The minimum Gasteiger partial charge on any atom is -0.866 e. The fraction of sp³-hybridized carbons (Fsp3) is 0.167. The summed E-state index contributed by atoms with van der Waals surface area (Å²) in [6, 6.07) is 2.54. The normalized spacial score (nSPS) is 6.58. The molecule has 0 aliphatic rings. The average Bonchev–Trinajstić information content (AvgIpc) is 2.05. The van der Waals surface area contributed by atoms with Gasteiger partial charge in [-0.1, -0.05) is 0 Å². The van der Waals surface area contributed by atoms with E-state index in [2.05, 4.69) is 4.74 Å². The van der Waals surface area contributed by atoms with Crippen molar-refractivity contribution in [2.75, 3.05) is 7.11 Å². The van der Waals surface area contributed by atoms with Crippen LogP contribution in [0.5, 0.6) is 0 Å². The summed E-state index contributed by atoms with van der Waals surface area (Å²) in [6.07, 6.45) is 0. The molecular weight excluding hydrogens is 171 g/mol. The second-order valence-electron chi connectivity index (χ2n) is 1.42. The predicted octanol–water partition coefficient (Wildman–Crippen LogP) is -4.18. The Balaban J connectivity index is 0. The monoisotopic (exact) mass is 174 g/mol. The Hall–Kier alpha value is -1.01. The van der Waals surface area contributed by atoms with Crippen molar-refractivity contribution in [3.8, 4) is 12.1 Å². The molecule has 0 saturated heterocycles. The summed E-state index contributed by atoms with van der Waals surface area (Å²) in [5.74, 6) is -2.42. The minimum atomic E-state index is -1.21. The van der Waals surface area contributed by atoms with Crippen molar-refractivity contribution in [1.82, 2.24) is 0 Å². The summed E-state index contributed by atoms with van der Waals surface area (Å²) in [5, 5.41) is 26.8. The molecule has 0 aromatic carbocycles. The molecule has 0 aliphatic carbocycles. The van der Waals surface area contributed by atoms with Gasteiger partial charge in [-0.25, -0.2) is 4.79 Å². The molecule has 0 fully saturated rings. The smallest absolute Gasteiger partial charge is 0.866 e. The molecule has 0 spiro atoms. The first-order valence-corrected chi connectivity index (χ1v) is 2.47. The van der Waals surface area contributed by atoms with Crippen LogP contribution in [0.1, 0.15) is 0 Å². The maximum Gasteiger partial charge on any atom is 1.00 e. The maximum absolute atomic E-state index is 10.6. The van der Waals surface area contributed by atoms with E-state index in [1.165, 1.54) is 12.1 Å².